The Labute approximate surface area is 321 Å². The summed E-state index contributed by atoms with van der Waals surface area (Å²) in [6, 6.07) is 70.7. The van der Waals surface area contributed by atoms with E-state index in [0.717, 1.165) is 17.1 Å². The Morgan fingerprint density at radius 3 is 1.65 bits per heavy atom. The van der Waals surface area contributed by atoms with Crippen molar-refractivity contribution < 1.29 is 0 Å². The van der Waals surface area contributed by atoms with E-state index in [1.807, 2.05) is 22.7 Å². The minimum Gasteiger partial charge on any atom is -0.310 e. The van der Waals surface area contributed by atoms with Gasteiger partial charge in [0.05, 0.1) is 15.7 Å². The van der Waals surface area contributed by atoms with Gasteiger partial charge in [0.15, 0.2) is 0 Å². The lowest BCUT2D eigenvalue weighted by Gasteiger charge is -2.26. The van der Waals surface area contributed by atoms with E-state index < -0.39 is 0 Å². The van der Waals surface area contributed by atoms with Crippen molar-refractivity contribution in [2.24, 2.45) is 0 Å². The predicted octanol–water partition coefficient (Wildman–Crippen LogP) is 15.2. The molecule has 254 valence electrons. The van der Waals surface area contributed by atoms with Gasteiger partial charge in [-0.2, -0.15) is 0 Å². The maximum atomic E-state index is 2.44. The average molecular weight is 725 g/mol. The molecule has 11 rings (SSSR count). The molecule has 0 amide bonds. The third kappa shape index (κ3) is 5.07. The molecule has 0 saturated carbocycles. The Morgan fingerprint density at radius 1 is 0.352 bits per heavy atom. The molecule has 4 heteroatoms. The Kier molecular flexibility index (Phi) is 7.25. The molecule has 0 radical (unpaired) electrons. The maximum absolute atomic E-state index is 2.44. The molecule has 0 aliphatic carbocycles. The van der Waals surface area contributed by atoms with E-state index in [1.54, 1.807) is 0 Å². The fourth-order valence-corrected chi connectivity index (χ4v) is 10.3. The first-order valence-corrected chi connectivity index (χ1v) is 19.9. The van der Waals surface area contributed by atoms with Gasteiger partial charge in [-0.3, -0.25) is 0 Å². The zero-order chi connectivity index (χ0) is 35.6. The molecule has 8 aromatic carbocycles. The fraction of sp³-hybridized carbons (Fsp3) is 0. The molecule has 3 heterocycles. The Bertz CT molecular complexity index is 3130. The van der Waals surface area contributed by atoms with E-state index in [1.165, 1.54) is 79.3 Å². The lowest BCUT2D eigenvalue weighted by molar-refractivity contribution is 1.19. The van der Waals surface area contributed by atoms with Crippen LogP contribution in [0.2, 0.25) is 0 Å². The summed E-state index contributed by atoms with van der Waals surface area (Å²) in [5.74, 6) is 0. The molecule has 0 saturated heterocycles. The van der Waals surface area contributed by atoms with Gasteiger partial charge in [-0.1, -0.05) is 115 Å². The molecule has 0 bridgehead atoms. The SMILES string of the molecule is c1ccc(-c2ccc(N(c3ccc(-c4ccc5sc6c7ccccc7n(-c7ccccc7)c6c5c4)cc3)c3ccc4sc5ccccc5c4c3)cc2)cc1. The number of hydrogen-bond donors (Lipinski definition) is 0. The van der Waals surface area contributed by atoms with Gasteiger partial charge in [0.2, 0.25) is 0 Å². The average Bonchev–Trinajstić information content (AvgIpc) is 3.91. The van der Waals surface area contributed by atoms with E-state index in [9.17, 15) is 0 Å². The number of para-hydroxylation sites is 2. The highest BCUT2D eigenvalue weighted by Crippen LogP contribution is 2.45. The number of rotatable bonds is 6. The van der Waals surface area contributed by atoms with E-state index >= 15 is 0 Å². The first-order valence-electron chi connectivity index (χ1n) is 18.3. The van der Waals surface area contributed by atoms with Gasteiger partial charge >= 0.3 is 0 Å². The minimum absolute atomic E-state index is 1.12. The monoisotopic (exact) mass is 724 g/mol. The van der Waals surface area contributed by atoms with E-state index in [4.69, 9.17) is 0 Å². The molecule has 0 N–H and O–H groups in total. The number of nitrogens with zero attached hydrogens (tertiary/aromatic N) is 2. The molecule has 11 aromatic rings. The van der Waals surface area contributed by atoms with Crippen molar-refractivity contribution in [1.29, 1.82) is 0 Å². The van der Waals surface area contributed by atoms with E-state index in [-0.39, 0.29) is 0 Å². The summed E-state index contributed by atoms with van der Waals surface area (Å²) in [4.78, 5) is 2.38. The summed E-state index contributed by atoms with van der Waals surface area (Å²) in [6.07, 6.45) is 0. The van der Waals surface area contributed by atoms with Crippen LogP contribution in [0.4, 0.5) is 17.1 Å². The number of benzene rings is 8. The summed E-state index contributed by atoms with van der Waals surface area (Å²) >= 11 is 3.74. The molecule has 0 aliphatic rings. The third-order valence-electron chi connectivity index (χ3n) is 10.6. The minimum atomic E-state index is 1.12. The third-order valence-corrected chi connectivity index (χ3v) is 12.9. The van der Waals surface area contributed by atoms with Crippen LogP contribution in [0, 0.1) is 0 Å². The van der Waals surface area contributed by atoms with Crippen LogP contribution < -0.4 is 4.90 Å². The molecule has 3 aromatic heterocycles. The number of thiophene rings is 2. The highest BCUT2D eigenvalue weighted by atomic mass is 32.1. The number of hydrogen-bond acceptors (Lipinski definition) is 3. The van der Waals surface area contributed by atoms with Crippen LogP contribution in [0.1, 0.15) is 0 Å². The van der Waals surface area contributed by atoms with Crippen LogP contribution in [-0.4, -0.2) is 4.57 Å². The second-order valence-electron chi connectivity index (χ2n) is 13.8. The molecule has 0 atom stereocenters. The highest BCUT2D eigenvalue weighted by Gasteiger charge is 2.19. The lowest BCUT2D eigenvalue weighted by Crippen LogP contribution is -2.09. The standard InChI is InChI=1S/C50H32N2S2/c1-3-11-33(12-4-1)34-19-24-38(25-20-34)51(40-28-30-47-43(32-40)41-15-8-10-18-46(41)53-47)39-26-21-35(22-27-39)36-23-29-48-44(31-36)49-50(54-48)42-16-7-9-17-45(42)52(49)37-13-5-2-6-14-37/h1-32H. The topological polar surface area (TPSA) is 8.17 Å². The second-order valence-corrected chi connectivity index (χ2v) is 15.9. The molecular formula is C50H32N2S2. The summed E-state index contributed by atoms with van der Waals surface area (Å²) in [7, 11) is 0. The van der Waals surface area contributed by atoms with Gasteiger partial charge < -0.3 is 9.47 Å². The quantitative estimate of drug-likeness (QED) is 0.166. The van der Waals surface area contributed by atoms with Crippen LogP contribution in [0.25, 0.3) is 79.3 Å². The number of fused-ring (bicyclic) bond motifs is 8. The van der Waals surface area contributed by atoms with Gasteiger partial charge in [0, 0.05) is 58.4 Å². The van der Waals surface area contributed by atoms with Gasteiger partial charge in [-0.15, -0.1) is 22.7 Å². The fourth-order valence-electron chi connectivity index (χ4n) is 8.03. The molecule has 0 spiro atoms. The zero-order valence-corrected chi connectivity index (χ0v) is 30.8. The summed E-state index contributed by atoms with van der Waals surface area (Å²) in [5.41, 5.74) is 11.9. The van der Waals surface area contributed by atoms with Crippen molar-refractivity contribution >= 4 is 91.1 Å². The normalized spacial score (nSPS) is 11.7. The first-order chi connectivity index (χ1) is 26.8. The second kappa shape index (κ2) is 12.6. The number of anilines is 3. The Morgan fingerprint density at radius 2 is 0.889 bits per heavy atom. The van der Waals surface area contributed by atoms with Crippen molar-refractivity contribution in [3.63, 3.8) is 0 Å². The highest BCUT2D eigenvalue weighted by molar-refractivity contribution is 7.27. The van der Waals surface area contributed by atoms with Crippen molar-refractivity contribution in [3.8, 4) is 27.9 Å². The van der Waals surface area contributed by atoms with Crippen LogP contribution in [0.3, 0.4) is 0 Å². The number of aromatic nitrogens is 1. The van der Waals surface area contributed by atoms with E-state index in [0.29, 0.717) is 0 Å². The summed E-state index contributed by atoms with van der Waals surface area (Å²) in [6.45, 7) is 0. The lowest BCUT2D eigenvalue weighted by atomic mass is 10.0. The zero-order valence-electron chi connectivity index (χ0n) is 29.2. The maximum Gasteiger partial charge on any atom is 0.0727 e. The van der Waals surface area contributed by atoms with Gasteiger partial charge in [0.1, 0.15) is 0 Å². The Hall–Kier alpha value is -6.46. The summed E-state index contributed by atoms with van der Waals surface area (Å²) in [5, 5.41) is 5.18. The molecule has 0 fully saturated rings. The van der Waals surface area contributed by atoms with Crippen LogP contribution in [0.15, 0.2) is 194 Å². The predicted molar refractivity (Wildman–Crippen MR) is 235 cm³/mol. The molecule has 0 unspecified atom stereocenters. The summed E-state index contributed by atoms with van der Waals surface area (Å²) < 4.78 is 7.69. The molecule has 54 heavy (non-hydrogen) atoms. The van der Waals surface area contributed by atoms with Crippen molar-refractivity contribution in [3.05, 3.63) is 194 Å². The molecular weight excluding hydrogens is 693 g/mol. The van der Waals surface area contributed by atoms with Crippen molar-refractivity contribution in [1.82, 2.24) is 4.57 Å². The smallest absolute Gasteiger partial charge is 0.0727 e. The van der Waals surface area contributed by atoms with Crippen LogP contribution >= 0.6 is 22.7 Å². The van der Waals surface area contributed by atoms with Gasteiger partial charge in [0.25, 0.3) is 0 Å². The van der Waals surface area contributed by atoms with Crippen molar-refractivity contribution in [2.75, 3.05) is 4.90 Å². The van der Waals surface area contributed by atoms with Crippen LogP contribution in [-0.2, 0) is 0 Å². The first kappa shape index (κ1) is 31.1. The Balaban J connectivity index is 1.03. The molecule has 0 aliphatic heterocycles. The van der Waals surface area contributed by atoms with Gasteiger partial charge in [-0.05, 0) is 101 Å². The van der Waals surface area contributed by atoms with Crippen LogP contribution in [0.5, 0.6) is 0 Å². The largest absolute Gasteiger partial charge is 0.310 e. The van der Waals surface area contributed by atoms with E-state index in [2.05, 4.69) is 204 Å². The molecule has 2 nitrogen and oxygen atoms in total. The van der Waals surface area contributed by atoms with Gasteiger partial charge in [-0.25, -0.2) is 0 Å². The van der Waals surface area contributed by atoms with Crippen molar-refractivity contribution in [2.45, 2.75) is 0 Å².